The lowest BCUT2D eigenvalue weighted by Crippen LogP contribution is -2.48. The molecule has 0 fully saturated rings. The molecule has 0 radical (unpaired) electrons. The molecule has 0 saturated carbocycles. The highest BCUT2D eigenvalue weighted by atomic mass is 16.5. The van der Waals surface area contributed by atoms with E-state index < -0.39 is 11.9 Å². The van der Waals surface area contributed by atoms with Crippen molar-refractivity contribution in [3.8, 4) is 17.6 Å². The molecule has 1 unspecified atom stereocenters. The maximum atomic E-state index is 12.7. The molecule has 36 heavy (non-hydrogen) atoms. The van der Waals surface area contributed by atoms with Gasteiger partial charge in [-0.2, -0.15) is 10.4 Å². The fourth-order valence-electron chi connectivity index (χ4n) is 3.31. The number of ether oxygens (including phenoxy) is 2. The molecule has 0 bridgehead atoms. The predicted octanol–water partition coefficient (Wildman–Crippen LogP) is 4.05. The number of carbonyl (C=O) groups is 2. The third-order valence-electron chi connectivity index (χ3n) is 5.39. The van der Waals surface area contributed by atoms with Crippen molar-refractivity contribution in [2.75, 3.05) is 7.11 Å². The minimum absolute atomic E-state index is 0.148. The zero-order valence-electron chi connectivity index (χ0n) is 20.4. The fourth-order valence-corrected chi connectivity index (χ4v) is 3.31. The van der Waals surface area contributed by atoms with Gasteiger partial charge in [0.25, 0.3) is 11.8 Å². The molecule has 3 aromatic carbocycles. The second kappa shape index (κ2) is 12.7. The molecular formula is C28H28N4O4. The summed E-state index contributed by atoms with van der Waals surface area (Å²) in [4.78, 5) is 25.2. The third-order valence-corrected chi connectivity index (χ3v) is 5.39. The van der Waals surface area contributed by atoms with E-state index in [2.05, 4.69) is 21.9 Å². The summed E-state index contributed by atoms with van der Waals surface area (Å²) >= 11 is 0. The zero-order valence-corrected chi connectivity index (χ0v) is 20.4. The average molecular weight is 485 g/mol. The molecule has 184 valence electrons. The Bertz CT molecular complexity index is 1250. The first-order chi connectivity index (χ1) is 17.4. The van der Waals surface area contributed by atoms with Crippen molar-refractivity contribution >= 4 is 18.0 Å². The Kier molecular flexibility index (Phi) is 9.18. The van der Waals surface area contributed by atoms with Crippen molar-refractivity contribution in [2.24, 2.45) is 11.0 Å². The highest BCUT2D eigenvalue weighted by Crippen LogP contribution is 2.16. The van der Waals surface area contributed by atoms with Crippen molar-refractivity contribution in [3.05, 3.63) is 95.1 Å². The molecular weight excluding hydrogens is 456 g/mol. The Morgan fingerprint density at radius 3 is 2.31 bits per heavy atom. The van der Waals surface area contributed by atoms with Gasteiger partial charge in [-0.1, -0.05) is 32.0 Å². The lowest BCUT2D eigenvalue weighted by atomic mass is 10.0. The number of rotatable bonds is 10. The Morgan fingerprint density at radius 2 is 1.67 bits per heavy atom. The smallest absolute Gasteiger partial charge is 0.262 e. The predicted molar refractivity (Wildman–Crippen MR) is 137 cm³/mol. The van der Waals surface area contributed by atoms with Crippen LogP contribution in [0.1, 0.15) is 40.9 Å². The van der Waals surface area contributed by atoms with E-state index in [9.17, 15) is 14.9 Å². The van der Waals surface area contributed by atoms with Crippen molar-refractivity contribution in [1.82, 2.24) is 10.7 Å². The summed E-state index contributed by atoms with van der Waals surface area (Å²) in [5.74, 6) is 0.362. The van der Waals surface area contributed by atoms with Crippen molar-refractivity contribution in [2.45, 2.75) is 26.5 Å². The normalized spacial score (nSPS) is 11.5. The summed E-state index contributed by atoms with van der Waals surface area (Å²) in [6.45, 7) is 3.97. The van der Waals surface area contributed by atoms with Crippen LogP contribution in [-0.2, 0) is 11.4 Å². The lowest BCUT2D eigenvalue weighted by Gasteiger charge is -2.20. The molecule has 8 nitrogen and oxygen atoms in total. The summed E-state index contributed by atoms with van der Waals surface area (Å²) < 4.78 is 10.9. The van der Waals surface area contributed by atoms with Crippen molar-refractivity contribution < 1.29 is 19.1 Å². The van der Waals surface area contributed by atoms with E-state index in [0.29, 0.717) is 22.6 Å². The van der Waals surface area contributed by atoms with E-state index in [4.69, 9.17) is 9.47 Å². The van der Waals surface area contributed by atoms with Crippen LogP contribution in [0.5, 0.6) is 11.5 Å². The topological polar surface area (TPSA) is 113 Å². The maximum absolute atomic E-state index is 12.7. The second-order valence-corrected chi connectivity index (χ2v) is 8.28. The standard InChI is InChI=1S/C28H28N4O4/c1-19(2)26(31-27(33)21-10-14-24(35-3)15-11-21)28(34)32-30-17-20-8-12-25(13-9-20)36-18-23-7-5-4-6-22(23)16-29/h4-15,17,19,26H,18H2,1-3H3,(H,31,33)(H,32,34). The molecule has 0 heterocycles. The Hall–Kier alpha value is -4.64. The molecule has 3 rings (SSSR count). The highest BCUT2D eigenvalue weighted by molar-refractivity contribution is 5.97. The van der Waals surface area contributed by atoms with Crippen LogP contribution < -0.4 is 20.2 Å². The molecule has 0 aliphatic carbocycles. The quantitative estimate of drug-likeness (QED) is 0.333. The number of nitrogens with one attached hydrogen (secondary N) is 2. The Labute approximate surface area is 210 Å². The van der Waals surface area contributed by atoms with E-state index >= 15 is 0 Å². The van der Waals surface area contributed by atoms with Gasteiger partial charge in [0.1, 0.15) is 24.1 Å². The van der Waals surface area contributed by atoms with E-state index in [1.807, 2.05) is 32.0 Å². The summed E-state index contributed by atoms with van der Waals surface area (Å²) in [6.07, 6.45) is 1.51. The zero-order chi connectivity index (χ0) is 25.9. The van der Waals surface area contributed by atoms with Crippen LogP contribution in [0.15, 0.2) is 77.9 Å². The molecule has 2 N–H and O–H groups in total. The van der Waals surface area contributed by atoms with E-state index in [-0.39, 0.29) is 18.4 Å². The number of carbonyl (C=O) groups excluding carboxylic acids is 2. The first kappa shape index (κ1) is 26.0. The number of hydrogen-bond donors (Lipinski definition) is 2. The number of hydrogen-bond acceptors (Lipinski definition) is 6. The van der Waals surface area contributed by atoms with E-state index in [0.717, 1.165) is 11.1 Å². The molecule has 8 heteroatoms. The van der Waals surface area contributed by atoms with Crippen LogP contribution in [0, 0.1) is 17.2 Å². The summed E-state index contributed by atoms with van der Waals surface area (Å²) in [7, 11) is 1.55. The molecule has 1 atom stereocenters. The van der Waals surface area contributed by atoms with Crippen molar-refractivity contribution in [3.63, 3.8) is 0 Å². The lowest BCUT2D eigenvalue weighted by molar-refractivity contribution is -0.123. The van der Waals surface area contributed by atoms with Crippen molar-refractivity contribution in [1.29, 1.82) is 5.26 Å². The van der Waals surface area contributed by atoms with Crippen LogP contribution in [0.25, 0.3) is 0 Å². The number of nitriles is 1. The van der Waals surface area contributed by atoms with E-state index in [1.54, 1.807) is 61.7 Å². The number of benzene rings is 3. The number of methoxy groups -OCH3 is 1. The second-order valence-electron chi connectivity index (χ2n) is 8.28. The molecule has 0 aromatic heterocycles. The molecule has 3 aromatic rings. The number of hydrazone groups is 1. The Morgan fingerprint density at radius 1 is 1.00 bits per heavy atom. The minimum atomic E-state index is -0.760. The van der Waals surface area contributed by atoms with Gasteiger partial charge in [0.05, 0.1) is 25.0 Å². The van der Waals surface area contributed by atoms with Gasteiger partial charge in [0.15, 0.2) is 0 Å². The maximum Gasteiger partial charge on any atom is 0.262 e. The van der Waals surface area contributed by atoms with Gasteiger partial charge < -0.3 is 14.8 Å². The highest BCUT2D eigenvalue weighted by Gasteiger charge is 2.24. The van der Waals surface area contributed by atoms with Crippen LogP contribution in [0.4, 0.5) is 0 Å². The molecule has 0 aliphatic rings. The van der Waals surface area contributed by atoms with Gasteiger partial charge in [-0.05, 0) is 66.1 Å². The van der Waals surface area contributed by atoms with Crippen LogP contribution >= 0.6 is 0 Å². The molecule has 0 saturated heterocycles. The van der Waals surface area contributed by atoms with Gasteiger partial charge in [-0.25, -0.2) is 5.43 Å². The number of nitrogens with zero attached hydrogens (tertiary/aromatic N) is 2. The van der Waals surface area contributed by atoms with Crippen LogP contribution in [0.2, 0.25) is 0 Å². The largest absolute Gasteiger partial charge is 0.497 e. The first-order valence-electron chi connectivity index (χ1n) is 11.4. The molecule has 0 aliphatic heterocycles. The van der Waals surface area contributed by atoms with Crippen LogP contribution in [0.3, 0.4) is 0 Å². The van der Waals surface area contributed by atoms with Crippen LogP contribution in [-0.4, -0.2) is 31.2 Å². The van der Waals surface area contributed by atoms with Gasteiger partial charge in [0.2, 0.25) is 0 Å². The van der Waals surface area contributed by atoms with Gasteiger partial charge in [-0.3, -0.25) is 9.59 Å². The fraction of sp³-hybridized carbons (Fsp3) is 0.214. The monoisotopic (exact) mass is 484 g/mol. The first-order valence-corrected chi connectivity index (χ1v) is 11.4. The van der Waals surface area contributed by atoms with Gasteiger partial charge in [-0.15, -0.1) is 0 Å². The molecule has 0 spiro atoms. The third kappa shape index (κ3) is 7.18. The summed E-state index contributed by atoms with van der Waals surface area (Å²) in [5.41, 5.74) is 5.07. The van der Waals surface area contributed by atoms with E-state index in [1.165, 1.54) is 6.21 Å². The minimum Gasteiger partial charge on any atom is -0.497 e. The van der Waals surface area contributed by atoms with Gasteiger partial charge in [0, 0.05) is 11.1 Å². The Balaban J connectivity index is 1.54. The summed E-state index contributed by atoms with van der Waals surface area (Å²) in [6, 6.07) is 22.5. The molecule has 2 amide bonds. The average Bonchev–Trinajstić information content (AvgIpc) is 2.91. The summed E-state index contributed by atoms with van der Waals surface area (Å²) in [5, 5.41) is 16.0. The SMILES string of the molecule is COc1ccc(C(=O)NC(C(=O)NN=Cc2ccc(OCc3ccccc3C#N)cc2)C(C)C)cc1. The van der Waals surface area contributed by atoms with Gasteiger partial charge >= 0.3 is 0 Å². The number of amides is 2.